The summed E-state index contributed by atoms with van der Waals surface area (Å²) in [4.78, 5) is 24.8. The molecule has 5 nitrogen and oxygen atoms in total. The molecule has 0 fully saturated rings. The molecule has 0 heterocycles. The van der Waals surface area contributed by atoms with E-state index in [0.29, 0.717) is 27.6 Å². The number of ether oxygens (including phenoxy) is 1. The summed E-state index contributed by atoms with van der Waals surface area (Å²) in [6.07, 6.45) is 1.40. The molecule has 0 bridgehead atoms. The summed E-state index contributed by atoms with van der Waals surface area (Å²) >= 11 is 11.8. The van der Waals surface area contributed by atoms with Crippen LogP contribution in [0.2, 0.25) is 10.0 Å². The van der Waals surface area contributed by atoms with Crippen molar-refractivity contribution in [2.75, 3.05) is 5.32 Å². The minimum Gasteiger partial charge on any atom is -0.423 e. The van der Waals surface area contributed by atoms with E-state index >= 15 is 0 Å². The molecule has 3 aromatic carbocycles. The smallest absolute Gasteiger partial charge is 0.343 e. The van der Waals surface area contributed by atoms with Crippen LogP contribution in [0.1, 0.15) is 21.5 Å². The van der Waals surface area contributed by atoms with Gasteiger partial charge in [-0.05, 0) is 61.0 Å². The van der Waals surface area contributed by atoms with Gasteiger partial charge in [0.2, 0.25) is 0 Å². The van der Waals surface area contributed by atoms with Crippen LogP contribution in [0.5, 0.6) is 5.75 Å². The molecule has 0 aliphatic carbocycles. The highest BCUT2D eigenvalue weighted by atomic mass is 35.5. The Labute approximate surface area is 189 Å². The summed E-state index contributed by atoms with van der Waals surface area (Å²) in [5.41, 5.74) is 2.25. The fourth-order valence-electron chi connectivity index (χ4n) is 2.61. The van der Waals surface area contributed by atoms with Gasteiger partial charge in [-0.25, -0.2) is 4.79 Å². The van der Waals surface area contributed by atoms with Gasteiger partial charge < -0.3 is 10.1 Å². The van der Waals surface area contributed by atoms with E-state index in [4.69, 9.17) is 27.9 Å². The number of nitriles is 1. The maximum absolute atomic E-state index is 12.5. The van der Waals surface area contributed by atoms with Gasteiger partial charge in [0.05, 0.1) is 15.6 Å². The summed E-state index contributed by atoms with van der Waals surface area (Å²) in [5.74, 6) is -0.816. The Kier molecular flexibility index (Phi) is 7.09. The lowest BCUT2D eigenvalue weighted by Gasteiger charge is -2.07. The Morgan fingerprint density at radius 1 is 1.00 bits per heavy atom. The number of nitrogens with zero attached hydrogens (tertiary/aromatic N) is 1. The Balaban J connectivity index is 1.75. The van der Waals surface area contributed by atoms with Gasteiger partial charge in [0, 0.05) is 5.69 Å². The number of nitrogens with one attached hydrogen (secondary N) is 1. The van der Waals surface area contributed by atoms with Crippen molar-refractivity contribution >= 4 is 46.8 Å². The van der Waals surface area contributed by atoms with Gasteiger partial charge in [-0.15, -0.1) is 0 Å². The summed E-state index contributed by atoms with van der Waals surface area (Å²) in [6.45, 7) is 1.93. The van der Waals surface area contributed by atoms with Crippen LogP contribution in [0.4, 0.5) is 5.69 Å². The Morgan fingerprint density at radius 3 is 2.42 bits per heavy atom. The number of anilines is 1. The van der Waals surface area contributed by atoms with Gasteiger partial charge in [-0.2, -0.15) is 5.26 Å². The molecule has 7 heteroatoms. The second kappa shape index (κ2) is 9.94. The standard InChI is InChI=1S/C24H16Cl2N2O3/c1-15-5-7-17(8-6-15)24(30)31-20-4-2-3-16(12-20)11-18(14-27)23(29)28-19-9-10-21(25)22(26)13-19/h2-13H,1H3,(H,28,29)/b18-11+. The quantitative estimate of drug-likeness (QED) is 0.221. The molecular formula is C24H16Cl2N2O3. The van der Waals surface area contributed by atoms with E-state index < -0.39 is 11.9 Å². The molecule has 154 valence electrons. The van der Waals surface area contributed by atoms with E-state index in [9.17, 15) is 14.9 Å². The van der Waals surface area contributed by atoms with Crippen LogP contribution >= 0.6 is 23.2 Å². The van der Waals surface area contributed by atoms with E-state index in [1.807, 2.05) is 25.1 Å². The number of hydrogen-bond donors (Lipinski definition) is 1. The minimum atomic E-state index is -0.608. The number of amides is 1. The molecule has 1 amide bonds. The first kappa shape index (κ1) is 22.1. The monoisotopic (exact) mass is 450 g/mol. The van der Waals surface area contributed by atoms with Crippen LogP contribution in [0.15, 0.2) is 72.3 Å². The molecule has 0 spiro atoms. The van der Waals surface area contributed by atoms with Crippen molar-refractivity contribution in [1.29, 1.82) is 5.26 Å². The van der Waals surface area contributed by atoms with E-state index in [-0.39, 0.29) is 10.6 Å². The third kappa shape index (κ3) is 5.95. The molecule has 0 unspecified atom stereocenters. The molecular weight excluding hydrogens is 435 g/mol. The highest BCUT2D eigenvalue weighted by Gasteiger charge is 2.12. The number of aryl methyl sites for hydroxylation is 1. The second-order valence-electron chi connectivity index (χ2n) is 6.58. The van der Waals surface area contributed by atoms with Crippen LogP contribution in [0.25, 0.3) is 6.08 Å². The highest BCUT2D eigenvalue weighted by molar-refractivity contribution is 6.42. The Hall–Kier alpha value is -3.59. The molecule has 3 aromatic rings. The normalized spacial score (nSPS) is 10.8. The molecule has 3 rings (SSSR count). The Morgan fingerprint density at radius 2 is 1.74 bits per heavy atom. The minimum absolute atomic E-state index is 0.131. The van der Waals surface area contributed by atoms with E-state index in [1.54, 1.807) is 48.5 Å². The van der Waals surface area contributed by atoms with Crippen molar-refractivity contribution in [2.45, 2.75) is 6.92 Å². The summed E-state index contributed by atoms with van der Waals surface area (Å²) in [7, 11) is 0. The van der Waals surface area contributed by atoms with Gasteiger partial charge in [0.1, 0.15) is 17.4 Å². The van der Waals surface area contributed by atoms with Crippen LogP contribution < -0.4 is 10.1 Å². The van der Waals surface area contributed by atoms with Gasteiger partial charge in [-0.3, -0.25) is 4.79 Å². The topological polar surface area (TPSA) is 79.2 Å². The summed E-state index contributed by atoms with van der Waals surface area (Å²) in [6, 6.07) is 20.0. The number of carbonyl (C=O) groups excluding carboxylic acids is 2. The van der Waals surface area contributed by atoms with E-state index in [1.165, 1.54) is 12.1 Å². The molecule has 0 aromatic heterocycles. The van der Waals surface area contributed by atoms with Crippen molar-refractivity contribution in [2.24, 2.45) is 0 Å². The molecule has 0 saturated carbocycles. The molecule has 0 aliphatic rings. The SMILES string of the molecule is Cc1ccc(C(=O)Oc2cccc(/C=C(\C#N)C(=O)Nc3ccc(Cl)c(Cl)c3)c2)cc1. The fraction of sp³-hybridized carbons (Fsp3) is 0.0417. The zero-order valence-electron chi connectivity index (χ0n) is 16.4. The van der Waals surface area contributed by atoms with Crippen LogP contribution in [-0.2, 0) is 4.79 Å². The average molecular weight is 451 g/mol. The third-order valence-corrected chi connectivity index (χ3v) is 4.95. The lowest BCUT2D eigenvalue weighted by Crippen LogP contribution is -2.13. The first-order chi connectivity index (χ1) is 14.9. The first-order valence-corrected chi connectivity index (χ1v) is 9.88. The number of rotatable bonds is 5. The zero-order chi connectivity index (χ0) is 22.4. The van der Waals surface area contributed by atoms with Gasteiger partial charge in [0.25, 0.3) is 5.91 Å². The van der Waals surface area contributed by atoms with Gasteiger partial charge >= 0.3 is 5.97 Å². The lowest BCUT2D eigenvalue weighted by molar-refractivity contribution is -0.112. The predicted octanol–water partition coefficient (Wildman–Crippen LogP) is 6.07. The lowest BCUT2D eigenvalue weighted by atomic mass is 10.1. The highest BCUT2D eigenvalue weighted by Crippen LogP contribution is 2.25. The predicted molar refractivity (Wildman–Crippen MR) is 121 cm³/mol. The van der Waals surface area contributed by atoms with E-state index in [2.05, 4.69) is 5.32 Å². The molecule has 0 aliphatic heterocycles. The van der Waals surface area contributed by atoms with Crippen LogP contribution in [0, 0.1) is 18.3 Å². The fourth-order valence-corrected chi connectivity index (χ4v) is 2.91. The van der Waals surface area contributed by atoms with Crippen molar-refractivity contribution in [1.82, 2.24) is 0 Å². The van der Waals surface area contributed by atoms with Crippen molar-refractivity contribution in [3.8, 4) is 11.8 Å². The number of carbonyl (C=O) groups is 2. The first-order valence-electron chi connectivity index (χ1n) is 9.13. The third-order valence-electron chi connectivity index (χ3n) is 4.21. The maximum Gasteiger partial charge on any atom is 0.343 e. The average Bonchev–Trinajstić information content (AvgIpc) is 2.75. The number of hydrogen-bond acceptors (Lipinski definition) is 4. The van der Waals surface area contributed by atoms with Gasteiger partial charge in [0.15, 0.2) is 0 Å². The van der Waals surface area contributed by atoms with Crippen LogP contribution in [-0.4, -0.2) is 11.9 Å². The molecule has 0 saturated heterocycles. The molecule has 1 N–H and O–H groups in total. The number of halogens is 2. The van der Waals surface area contributed by atoms with Crippen molar-refractivity contribution in [3.05, 3.63) is 99.0 Å². The largest absolute Gasteiger partial charge is 0.423 e. The van der Waals surface area contributed by atoms with Gasteiger partial charge in [-0.1, -0.05) is 53.0 Å². The van der Waals surface area contributed by atoms with Crippen LogP contribution in [0.3, 0.4) is 0 Å². The second-order valence-corrected chi connectivity index (χ2v) is 7.40. The summed E-state index contributed by atoms with van der Waals surface area (Å²) < 4.78 is 5.40. The zero-order valence-corrected chi connectivity index (χ0v) is 17.9. The number of esters is 1. The van der Waals surface area contributed by atoms with Crippen molar-refractivity contribution < 1.29 is 14.3 Å². The van der Waals surface area contributed by atoms with Crippen molar-refractivity contribution in [3.63, 3.8) is 0 Å². The molecule has 0 radical (unpaired) electrons. The Bertz CT molecular complexity index is 1210. The summed E-state index contributed by atoms with van der Waals surface area (Å²) in [5, 5.41) is 12.6. The van der Waals surface area contributed by atoms with E-state index in [0.717, 1.165) is 5.56 Å². The molecule has 0 atom stereocenters. The maximum atomic E-state index is 12.5. The molecule has 31 heavy (non-hydrogen) atoms. The number of benzene rings is 3.